The molecule has 0 fully saturated rings. The van der Waals surface area contributed by atoms with Crippen LogP contribution in [0, 0.1) is 6.92 Å². The number of fused-ring (bicyclic) bond motifs is 1. The highest BCUT2D eigenvalue weighted by molar-refractivity contribution is 5.86. The fourth-order valence-electron chi connectivity index (χ4n) is 5.16. The Labute approximate surface area is 201 Å². The van der Waals surface area contributed by atoms with Gasteiger partial charge in [0, 0.05) is 11.6 Å². The molecule has 2 heteroatoms. The van der Waals surface area contributed by atoms with Crippen LogP contribution >= 0.6 is 0 Å². The van der Waals surface area contributed by atoms with Gasteiger partial charge in [-0.15, -0.1) is 0 Å². The molecule has 34 heavy (non-hydrogen) atoms. The Hall–Kier alpha value is -3.88. The SMILES string of the molecule is Cc1ccc(C2C=C(CC3C=C(c4ccccc4)c4ccccc43)N(c3ccccc3)N2)cc1. The number of hydrogen-bond acceptors (Lipinski definition) is 2. The smallest absolute Gasteiger partial charge is 0.0717 e. The summed E-state index contributed by atoms with van der Waals surface area (Å²) in [4.78, 5) is 0. The van der Waals surface area contributed by atoms with Crippen molar-refractivity contribution in [1.82, 2.24) is 5.43 Å². The zero-order chi connectivity index (χ0) is 22.9. The summed E-state index contributed by atoms with van der Waals surface area (Å²) < 4.78 is 0. The van der Waals surface area contributed by atoms with Gasteiger partial charge in [0.05, 0.1) is 11.7 Å². The van der Waals surface area contributed by atoms with Crippen molar-refractivity contribution in [3.05, 3.63) is 155 Å². The maximum atomic E-state index is 3.75. The third-order valence-corrected chi connectivity index (χ3v) is 6.90. The van der Waals surface area contributed by atoms with Gasteiger partial charge in [0.2, 0.25) is 0 Å². The maximum Gasteiger partial charge on any atom is 0.0717 e. The minimum Gasteiger partial charge on any atom is -0.280 e. The van der Waals surface area contributed by atoms with Gasteiger partial charge in [-0.05, 0) is 59.4 Å². The number of benzene rings is 4. The van der Waals surface area contributed by atoms with E-state index in [1.54, 1.807) is 0 Å². The summed E-state index contributed by atoms with van der Waals surface area (Å²) in [6, 6.07) is 39.3. The van der Waals surface area contributed by atoms with Crippen molar-refractivity contribution >= 4 is 11.3 Å². The zero-order valence-electron chi connectivity index (χ0n) is 19.4. The van der Waals surface area contributed by atoms with Crippen LogP contribution in [0.25, 0.3) is 5.57 Å². The number of hydrazine groups is 1. The van der Waals surface area contributed by atoms with Gasteiger partial charge >= 0.3 is 0 Å². The van der Waals surface area contributed by atoms with Gasteiger partial charge in [-0.2, -0.15) is 0 Å². The number of aryl methyl sites for hydroxylation is 1. The van der Waals surface area contributed by atoms with Crippen LogP contribution in [-0.4, -0.2) is 0 Å². The summed E-state index contributed by atoms with van der Waals surface area (Å²) >= 11 is 0. The molecule has 1 heterocycles. The standard InChI is InChI=1S/C32H28N2/c1-23-16-18-25(19-17-23)32-22-28(34(33-32)27-12-6-3-7-13-27)20-26-21-31(24-10-4-2-5-11-24)30-15-9-8-14-29(26)30/h2-19,21-22,26,32-33H,20H2,1H3. The van der Waals surface area contributed by atoms with Crippen molar-refractivity contribution in [2.24, 2.45) is 0 Å². The van der Waals surface area contributed by atoms with Gasteiger partial charge in [-0.3, -0.25) is 5.01 Å². The van der Waals surface area contributed by atoms with Crippen LogP contribution in [0.2, 0.25) is 0 Å². The number of rotatable bonds is 5. The number of anilines is 1. The Morgan fingerprint density at radius 2 is 1.38 bits per heavy atom. The fourth-order valence-corrected chi connectivity index (χ4v) is 5.16. The zero-order valence-corrected chi connectivity index (χ0v) is 19.4. The first-order chi connectivity index (χ1) is 16.8. The summed E-state index contributed by atoms with van der Waals surface area (Å²) in [6.07, 6.45) is 5.80. The molecule has 166 valence electrons. The molecule has 1 aliphatic carbocycles. The average molecular weight is 441 g/mol. The lowest BCUT2D eigenvalue weighted by Gasteiger charge is -2.26. The lowest BCUT2D eigenvalue weighted by molar-refractivity contribution is 0.650. The van der Waals surface area contributed by atoms with Crippen LogP contribution in [0.3, 0.4) is 0 Å². The van der Waals surface area contributed by atoms with Crippen molar-refractivity contribution in [2.45, 2.75) is 25.3 Å². The first-order valence-electron chi connectivity index (χ1n) is 12.0. The third kappa shape index (κ3) is 3.87. The highest BCUT2D eigenvalue weighted by atomic mass is 15.5. The van der Waals surface area contributed by atoms with Crippen molar-refractivity contribution < 1.29 is 0 Å². The van der Waals surface area contributed by atoms with Crippen molar-refractivity contribution in [3.63, 3.8) is 0 Å². The summed E-state index contributed by atoms with van der Waals surface area (Å²) in [5.74, 6) is 0.336. The minimum atomic E-state index is 0.157. The van der Waals surface area contributed by atoms with Gasteiger partial charge < -0.3 is 0 Å². The molecule has 1 N–H and O–H groups in total. The molecule has 6 rings (SSSR count). The molecule has 0 saturated heterocycles. The van der Waals surface area contributed by atoms with Crippen LogP contribution in [0.4, 0.5) is 5.69 Å². The van der Waals surface area contributed by atoms with Crippen LogP contribution < -0.4 is 10.4 Å². The molecule has 4 aromatic carbocycles. The molecule has 0 saturated carbocycles. The summed E-state index contributed by atoms with van der Waals surface area (Å²) in [6.45, 7) is 2.14. The number of hydrogen-bond donors (Lipinski definition) is 1. The van der Waals surface area contributed by atoms with Crippen LogP contribution in [0.15, 0.2) is 127 Å². The summed E-state index contributed by atoms with van der Waals surface area (Å²) in [5.41, 5.74) is 14.2. The van der Waals surface area contributed by atoms with E-state index in [-0.39, 0.29) is 6.04 Å². The second kappa shape index (κ2) is 8.81. The van der Waals surface area contributed by atoms with E-state index >= 15 is 0 Å². The predicted molar refractivity (Wildman–Crippen MR) is 141 cm³/mol. The van der Waals surface area contributed by atoms with Crippen molar-refractivity contribution in [3.8, 4) is 0 Å². The number of para-hydroxylation sites is 1. The molecule has 0 spiro atoms. The number of nitrogens with one attached hydrogen (secondary N) is 1. The van der Waals surface area contributed by atoms with Crippen LogP contribution in [0.1, 0.15) is 46.2 Å². The Bertz CT molecular complexity index is 1350. The molecule has 0 radical (unpaired) electrons. The minimum absolute atomic E-state index is 0.157. The Kier molecular flexibility index (Phi) is 5.37. The molecule has 2 aliphatic rings. The van der Waals surface area contributed by atoms with Crippen LogP contribution in [0.5, 0.6) is 0 Å². The van der Waals surface area contributed by atoms with E-state index < -0.39 is 0 Å². The normalized spacial score (nSPS) is 19.0. The Morgan fingerprint density at radius 3 is 2.15 bits per heavy atom. The van der Waals surface area contributed by atoms with E-state index in [4.69, 9.17) is 0 Å². The molecule has 4 aromatic rings. The van der Waals surface area contributed by atoms with Gasteiger partial charge in [0.1, 0.15) is 0 Å². The van der Waals surface area contributed by atoms with E-state index in [1.807, 2.05) is 0 Å². The summed E-state index contributed by atoms with van der Waals surface area (Å²) in [7, 11) is 0. The van der Waals surface area contributed by atoms with Gasteiger partial charge in [0.15, 0.2) is 0 Å². The molecule has 2 atom stereocenters. The van der Waals surface area contributed by atoms with E-state index in [0.717, 1.165) is 6.42 Å². The molecule has 2 nitrogen and oxygen atoms in total. The Morgan fingerprint density at radius 1 is 0.706 bits per heavy atom. The lowest BCUT2D eigenvalue weighted by atomic mass is 9.94. The molecular weight excluding hydrogens is 412 g/mol. The van der Waals surface area contributed by atoms with E-state index in [2.05, 4.69) is 139 Å². The molecule has 0 amide bonds. The van der Waals surface area contributed by atoms with E-state index in [9.17, 15) is 0 Å². The molecule has 1 aliphatic heterocycles. The molecular formula is C32H28N2. The largest absolute Gasteiger partial charge is 0.280 e. The van der Waals surface area contributed by atoms with Crippen molar-refractivity contribution in [1.29, 1.82) is 0 Å². The monoisotopic (exact) mass is 440 g/mol. The fraction of sp³-hybridized carbons (Fsp3) is 0.125. The molecule has 0 bridgehead atoms. The second-order valence-corrected chi connectivity index (χ2v) is 9.19. The number of nitrogens with zero attached hydrogens (tertiary/aromatic N) is 1. The average Bonchev–Trinajstić information content (AvgIpc) is 3.48. The highest BCUT2D eigenvalue weighted by Crippen LogP contribution is 2.44. The van der Waals surface area contributed by atoms with Gasteiger partial charge in [-0.25, -0.2) is 5.43 Å². The third-order valence-electron chi connectivity index (χ3n) is 6.90. The predicted octanol–water partition coefficient (Wildman–Crippen LogP) is 7.56. The van der Waals surface area contributed by atoms with Gasteiger partial charge in [0.25, 0.3) is 0 Å². The maximum absolute atomic E-state index is 3.75. The first-order valence-corrected chi connectivity index (χ1v) is 12.0. The summed E-state index contributed by atoms with van der Waals surface area (Å²) in [5, 5.41) is 2.28. The van der Waals surface area contributed by atoms with Crippen LogP contribution in [-0.2, 0) is 0 Å². The number of allylic oxidation sites excluding steroid dienone is 2. The van der Waals surface area contributed by atoms with Crippen molar-refractivity contribution in [2.75, 3.05) is 5.01 Å². The second-order valence-electron chi connectivity index (χ2n) is 9.19. The topological polar surface area (TPSA) is 15.3 Å². The van der Waals surface area contributed by atoms with E-state index in [0.29, 0.717) is 5.92 Å². The molecule has 2 unspecified atom stereocenters. The molecule has 0 aromatic heterocycles. The Balaban J connectivity index is 1.37. The highest BCUT2D eigenvalue weighted by Gasteiger charge is 2.30. The lowest BCUT2D eigenvalue weighted by Crippen LogP contribution is -2.33. The van der Waals surface area contributed by atoms with E-state index in [1.165, 1.54) is 44.8 Å². The van der Waals surface area contributed by atoms with Gasteiger partial charge in [-0.1, -0.05) is 109 Å². The quantitative estimate of drug-likeness (QED) is 0.344. The first kappa shape index (κ1) is 20.7.